The molecule has 0 aliphatic heterocycles. The van der Waals surface area contributed by atoms with E-state index in [0.29, 0.717) is 0 Å². The Bertz CT molecular complexity index is 1550. The number of hydrogen-bond acceptors (Lipinski definition) is 8. The van der Waals surface area contributed by atoms with Crippen LogP contribution in [0, 0.1) is 21.7 Å². The molecule has 4 rings (SSSR count). The summed E-state index contributed by atoms with van der Waals surface area (Å²) in [6.45, 7) is 25.8. The second kappa shape index (κ2) is 23.2. The van der Waals surface area contributed by atoms with Gasteiger partial charge in [0, 0.05) is 27.3 Å². The third-order valence-electron chi connectivity index (χ3n) is 7.70. The number of carboxylic acid groups (broad SMARTS) is 4. The first-order valence-electron chi connectivity index (χ1n) is 18.7. The normalized spacial score (nSPS) is 11.2. The Hall–Kier alpha value is -4.32. The van der Waals surface area contributed by atoms with Gasteiger partial charge in [-0.2, -0.15) is 0 Å². The molecule has 4 radical (unpaired) electrons. The Morgan fingerprint density at radius 3 is 0.526 bits per heavy atom. The largest absolute Gasteiger partial charge is 0.545 e. The van der Waals surface area contributed by atoms with Crippen molar-refractivity contribution in [2.45, 2.75) is 109 Å². The van der Waals surface area contributed by atoms with Crippen molar-refractivity contribution in [2.75, 3.05) is 0 Å². The Labute approximate surface area is 360 Å². The van der Waals surface area contributed by atoms with E-state index in [1.807, 2.05) is 48.5 Å². The van der Waals surface area contributed by atoms with Crippen LogP contribution < -0.4 is 20.4 Å². The zero-order valence-electron chi connectivity index (χ0n) is 35.8. The maximum absolute atomic E-state index is 10.5. The quantitative estimate of drug-likeness (QED) is 0.190. The summed E-state index contributed by atoms with van der Waals surface area (Å²) < 4.78 is 0. The standard InChI is InChI=1S/4C12H16O2.Pb/c4*1-12(2,3)8-9-4-6-10(7-5-9)11(13)14;/h4*4-7H,8H2,1-3H3,(H,13,14);/p-4. The third kappa shape index (κ3) is 24.8. The molecule has 0 amide bonds. The smallest absolute Gasteiger partial charge is 0.0715 e. The van der Waals surface area contributed by atoms with Gasteiger partial charge in [0.2, 0.25) is 0 Å². The molecule has 0 aromatic heterocycles. The van der Waals surface area contributed by atoms with E-state index in [0.717, 1.165) is 47.9 Å². The third-order valence-corrected chi connectivity index (χ3v) is 7.70. The van der Waals surface area contributed by atoms with Crippen molar-refractivity contribution in [1.82, 2.24) is 0 Å². The van der Waals surface area contributed by atoms with Crippen LogP contribution in [0.1, 0.15) is 147 Å². The van der Waals surface area contributed by atoms with Crippen LogP contribution in [-0.2, 0) is 25.7 Å². The molecule has 0 fully saturated rings. The van der Waals surface area contributed by atoms with Gasteiger partial charge in [-0.15, -0.1) is 0 Å². The molecule has 0 aliphatic rings. The Morgan fingerprint density at radius 2 is 0.439 bits per heavy atom. The van der Waals surface area contributed by atoms with Gasteiger partial charge in [0.05, 0.1) is 23.9 Å². The van der Waals surface area contributed by atoms with E-state index in [9.17, 15) is 39.6 Å². The van der Waals surface area contributed by atoms with Crippen molar-refractivity contribution in [3.05, 3.63) is 142 Å². The SMILES string of the molecule is CC(C)(C)Cc1ccc(C(=O)[O-])cc1.CC(C)(C)Cc1ccc(C(=O)[O-])cc1.CC(C)(C)Cc1ccc(C(=O)[O-])cc1.CC(C)(C)Cc1ccc(C(=O)[O-])cc1.[Pb]. The van der Waals surface area contributed by atoms with Crippen LogP contribution in [0.3, 0.4) is 0 Å². The van der Waals surface area contributed by atoms with E-state index in [1.165, 1.54) is 0 Å². The fourth-order valence-electron chi connectivity index (χ4n) is 5.48. The van der Waals surface area contributed by atoms with Gasteiger partial charge in [0.15, 0.2) is 0 Å². The molecule has 8 nitrogen and oxygen atoms in total. The van der Waals surface area contributed by atoms with Gasteiger partial charge >= 0.3 is 0 Å². The molecule has 0 atom stereocenters. The van der Waals surface area contributed by atoms with Crippen molar-refractivity contribution in [3.8, 4) is 0 Å². The molecule has 0 N–H and O–H groups in total. The van der Waals surface area contributed by atoms with Crippen LogP contribution >= 0.6 is 0 Å². The summed E-state index contributed by atoms with van der Waals surface area (Å²) in [6.07, 6.45) is 3.78. The molecule has 0 spiro atoms. The first-order chi connectivity index (χ1) is 25.5. The monoisotopic (exact) mass is 972 g/mol. The molecule has 0 unspecified atom stereocenters. The first-order valence-corrected chi connectivity index (χ1v) is 18.7. The minimum absolute atomic E-state index is 0. The fraction of sp³-hybridized carbons (Fsp3) is 0.417. The summed E-state index contributed by atoms with van der Waals surface area (Å²) in [5, 5.41) is 41.9. The van der Waals surface area contributed by atoms with Crippen molar-refractivity contribution < 1.29 is 39.6 Å². The van der Waals surface area contributed by atoms with E-state index in [-0.39, 0.29) is 71.2 Å². The van der Waals surface area contributed by atoms with Gasteiger partial charge in [-0.1, -0.05) is 180 Å². The molecule has 9 heteroatoms. The van der Waals surface area contributed by atoms with E-state index < -0.39 is 23.9 Å². The topological polar surface area (TPSA) is 161 Å². The number of carbonyl (C=O) groups is 4. The fourth-order valence-corrected chi connectivity index (χ4v) is 5.48. The summed E-state index contributed by atoms with van der Waals surface area (Å²) >= 11 is 0. The van der Waals surface area contributed by atoms with Crippen molar-refractivity contribution in [2.24, 2.45) is 21.7 Å². The minimum Gasteiger partial charge on any atom is -0.545 e. The van der Waals surface area contributed by atoms with Crippen molar-refractivity contribution in [1.29, 1.82) is 0 Å². The molecule has 0 saturated heterocycles. The Morgan fingerprint density at radius 1 is 0.316 bits per heavy atom. The Balaban J connectivity index is 0.000000729. The van der Waals surface area contributed by atoms with Gasteiger partial charge in [0.25, 0.3) is 0 Å². The molecule has 0 saturated carbocycles. The Kier molecular flexibility index (Phi) is 21.4. The minimum atomic E-state index is -1.12. The van der Waals surface area contributed by atoms with E-state index in [4.69, 9.17) is 0 Å². The molecule has 0 bridgehead atoms. The van der Waals surface area contributed by atoms with Crippen LogP contribution in [0.15, 0.2) is 97.1 Å². The van der Waals surface area contributed by atoms with Gasteiger partial charge in [-0.05, 0) is 91.9 Å². The summed E-state index contributed by atoms with van der Waals surface area (Å²) in [5.41, 5.74) is 6.48. The molecule has 0 aliphatic carbocycles. The number of carboxylic acids is 4. The van der Waals surface area contributed by atoms with Crippen molar-refractivity contribution >= 4 is 51.2 Å². The molecular weight excluding hydrogens is 912 g/mol. The molecule has 4 aromatic rings. The second-order valence-electron chi connectivity index (χ2n) is 18.9. The summed E-state index contributed by atoms with van der Waals surface area (Å²) in [7, 11) is 0. The average Bonchev–Trinajstić information content (AvgIpc) is 3.04. The van der Waals surface area contributed by atoms with Crippen LogP contribution in [0.5, 0.6) is 0 Å². The predicted octanol–water partition coefficient (Wildman–Crippen LogP) is 6.17. The van der Waals surface area contributed by atoms with E-state index in [1.54, 1.807) is 48.5 Å². The zero-order chi connectivity index (χ0) is 43.1. The number of aromatic carboxylic acids is 4. The maximum atomic E-state index is 10.5. The van der Waals surface area contributed by atoms with Gasteiger partial charge in [-0.3, -0.25) is 0 Å². The van der Waals surface area contributed by atoms with Crippen LogP contribution in [-0.4, -0.2) is 51.2 Å². The number of carbonyl (C=O) groups excluding carboxylic acids is 4. The van der Waals surface area contributed by atoms with E-state index in [2.05, 4.69) is 83.1 Å². The van der Waals surface area contributed by atoms with Gasteiger partial charge in [0.1, 0.15) is 0 Å². The molecule has 57 heavy (non-hydrogen) atoms. The molecule has 4 aromatic carbocycles. The first kappa shape index (κ1) is 52.7. The maximum Gasteiger partial charge on any atom is 0.0715 e. The van der Waals surface area contributed by atoms with E-state index >= 15 is 0 Å². The summed E-state index contributed by atoms with van der Waals surface area (Å²) in [5.74, 6) is -4.47. The summed E-state index contributed by atoms with van der Waals surface area (Å²) in [4.78, 5) is 41.9. The molecular formula is C48H60O8Pb-4. The zero-order valence-corrected chi connectivity index (χ0v) is 39.7. The van der Waals surface area contributed by atoms with Crippen LogP contribution in [0.4, 0.5) is 0 Å². The number of benzene rings is 4. The van der Waals surface area contributed by atoms with Crippen LogP contribution in [0.2, 0.25) is 0 Å². The van der Waals surface area contributed by atoms with Gasteiger partial charge in [-0.25, -0.2) is 0 Å². The molecule has 0 heterocycles. The van der Waals surface area contributed by atoms with Gasteiger partial charge < -0.3 is 39.6 Å². The van der Waals surface area contributed by atoms with Crippen LogP contribution in [0.25, 0.3) is 0 Å². The second-order valence-corrected chi connectivity index (χ2v) is 18.9. The van der Waals surface area contributed by atoms with Crippen molar-refractivity contribution in [3.63, 3.8) is 0 Å². The summed E-state index contributed by atoms with van der Waals surface area (Å²) in [6, 6.07) is 27.5. The predicted molar refractivity (Wildman–Crippen MR) is 221 cm³/mol. The molecule has 308 valence electrons. The number of rotatable bonds is 8. The average molecular weight is 972 g/mol. The number of hydrogen-bond donors (Lipinski definition) is 0.